The molecule has 0 amide bonds. The molecule has 0 fully saturated rings. The highest BCUT2D eigenvalue weighted by Gasteiger charge is 2.17. The van der Waals surface area contributed by atoms with Crippen molar-refractivity contribution >= 4 is 15.9 Å². The number of Topliss-reactive ketones (excluding diaryl/α,β-unsaturated/α-hetero) is 1. The maximum absolute atomic E-state index is 12.3. The number of ketones is 1. The Morgan fingerprint density at radius 3 is 2.39 bits per heavy atom. The molecule has 0 saturated heterocycles. The summed E-state index contributed by atoms with van der Waals surface area (Å²) in [4.78, 5) is 11.3. The molecular formula is C17H18O5S. The van der Waals surface area contributed by atoms with Gasteiger partial charge in [-0.05, 0) is 43.2 Å². The van der Waals surface area contributed by atoms with Gasteiger partial charge in [-0.15, -0.1) is 0 Å². The summed E-state index contributed by atoms with van der Waals surface area (Å²) < 4.78 is 34.7. The van der Waals surface area contributed by atoms with Gasteiger partial charge >= 0.3 is 10.1 Å². The largest absolute Gasteiger partial charge is 0.384 e. The molecule has 0 unspecified atom stereocenters. The van der Waals surface area contributed by atoms with Crippen LogP contribution in [0.2, 0.25) is 0 Å². The third-order valence-corrected chi connectivity index (χ3v) is 4.50. The Balaban J connectivity index is 2.17. The Morgan fingerprint density at radius 2 is 1.78 bits per heavy atom. The smallest absolute Gasteiger partial charge is 0.339 e. The number of hydrogen-bond acceptors (Lipinski definition) is 5. The second-order valence-corrected chi connectivity index (χ2v) is 6.55. The second kappa shape index (κ2) is 7.39. The molecule has 0 radical (unpaired) electrons. The molecule has 2 aromatic rings. The van der Waals surface area contributed by atoms with Crippen LogP contribution in [0.1, 0.15) is 22.8 Å². The van der Waals surface area contributed by atoms with E-state index in [4.69, 9.17) is 8.92 Å². The maximum atomic E-state index is 12.3. The first-order chi connectivity index (χ1) is 10.9. The molecule has 2 aromatic carbocycles. The van der Waals surface area contributed by atoms with E-state index >= 15 is 0 Å². The number of carbonyl (C=O) groups excluding carboxylic acids is 1. The van der Waals surface area contributed by atoms with Crippen LogP contribution in [-0.2, 0) is 21.3 Å². The summed E-state index contributed by atoms with van der Waals surface area (Å²) in [7, 11) is -2.35. The van der Waals surface area contributed by atoms with E-state index in [2.05, 4.69) is 0 Å². The van der Waals surface area contributed by atoms with E-state index in [1.807, 2.05) is 0 Å². The summed E-state index contributed by atoms with van der Waals surface area (Å²) in [6.45, 7) is 1.97. The lowest BCUT2D eigenvalue weighted by Gasteiger charge is -2.08. The first-order valence-electron chi connectivity index (χ1n) is 7.06. The third kappa shape index (κ3) is 4.64. The van der Waals surface area contributed by atoms with E-state index in [9.17, 15) is 13.2 Å². The first kappa shape index (κ1) is 17.2. The van der Waals surface area contributed by atoms with Crippen molar-refractivity contribution < 1.29 is 22.1 Å². The molecule has 2 rings (SSSR count). The average Bonchev–Trinajstić information content (AvgIpc) is 2.54. The zero-order valence-corrected chi connectivity index (χ0v) is 13.8. The van der Waals surface area contributed by atoms with Crippen molar-refractivity contribution in [1.29, 1.82) is 0 Å². The van der Waals surface area contributed by atoms with Gasteiger partial charge in [-0.3, -0.25) is 4.79 Å². The van der Waals surface area contributed by atoms with Gasteiger partial charge < -0.3 is 8.92 Å². The van der Waals surface area contributed by atoms with Gasteiger partial charge in [0.1, 0.15) is 10.6 Å². The van der Waals surface area contributed by atoms with Gasteiger partial charge in [-0.1, -0.05) is 24.3 Å². The van der Waals surface area contributed by atoms with Crippen LogP contribution in [0.25, 0.3) is 0 Å². The van der Waals surface area contributed by atoms with E-state index < -0.39 is 10.1 Å². The highest BCUT2D eigenvalue weighted by atomic mass is 32.2. The lowest BCUT2D eigenvalue weighted by molar-refractivity contribution is 0.101. The second-order valence-electron chi connectivity index (χ2n) is 5.01. The molecule has 0 aliphatic heterocycles. The van der Waals surface area contributed by atoms with Crippen LogP contribution in [0, 0.1) is 0 Å². The molecule has 0 N–H and O–H groups in total. The van der Waals surface area contributed by atoms with Gasteiger partial charge in [-0.2, -0.15) is 8.42 Å². The topological polar surface area (TPSA) is 69.7 Å². The molecule has 5 nitrogen and oxygen atoms in total. The summed E-state index contributed by atoms with van der Waals surface area (Å²) >= 11 is 0. The Kier molecular flexibility index (Phi) is 5.52. The molecule has 6 heteroatoms. The number of benzene rings is 2. The van der Waals surface area contributed by atoms with Crippen LogP contribution in [0.4, 0.5) is 0 Å². The molecule has 0 atom stereocenters. The molecule has 0 saturated carbocycles. The Morgan fingerprint density at radius 1 is 1.09 bits per heavy atom. The predicted molar refractivity (Wildman–Crippen MR) is 86.3 cm³/mol. The van der Waals surface area contributed by atoms with Crippen LogP contribution in [0.3, 0.4) is 0 Å². The summed E-state index contributed by atoms with van der Waals surface area (Å²) in [5.74, 6) is 0.0175. The SMILES string of the molecule is COCCc1ccc(OS(=O)(=O)c2cccc(C(C)=O)c2)cc1. The molecule has 122 valence electrons. The van der Waals surface area contributed by atoms with Crippen LogP contribution >= 0.6 is 0 Å². The first-order valence-corrected chi connectivity index (χ1v) is 8.46. The van der Waals surface area contributed by atoms with Crippen LogP contribution in [-0.4, -0.2) is 27.9 Å². The lowest BCUT2D eigenvalue weighted by Crippen LogP contribution is -2.10. The van der Waals surface area contributed by atoms with Crippen molar-refractivity contribution in [3.8, 4) is 5.75 Å². The van der Waals surface area contributed by atoms with Gasteiger partial charge in [0, 0.05) is 12.7 Å². The highest BCUT2D eigenvalue weighted by molar-refractivity contribution is 7.87. The molecule has 0 aliphatic rings. The quantitative estimate of drug-likeness (QED) is 0.575. The fourth-order valence-electron chi connectivity index (χ4n) is 1.98. The van der Waals surface area contributed by atoms with Crippen molar-refractivity contribution in [2.24, 2.45) is 0 Å². The number of carbonyl (C=O) groups is 1. The normalized spacial score (nSPS) is 11.2. The van der Waals surface area contributed by atoms with Gasteiger partial charge in [0.25, 0.3) is 0 Å². The van der Waals surface area contributed by atoms with E-state index in [0.29, 0.717) is 12.2 Å². The molecule has 0 aromatic heterocycles. The maximum Gasteiger partial charge on any atom is 0.339 e. The van der Waals surface area contributed by atoms with E-state index in [-0.39, 0.29) is 16.4 Å². The summed E-state index contributed by atoms with van der Waals surface area (Å²) in [5, 5.41) is 0. The van der Waals surface area contributed by atoms with Gasteiger partial charge in [-0.25, -0.2) is 0 Å². The summed E-state index contributed by atoms with van der Waals surface area (Å²) in [6.07, 6.45) is 0.740. The number of hydrogen-bond donors (Lipinski definition) is 0. The molecule has 0 bridgehead atoms. The minimum atomic E-state index is -3.98. The zero-order valence-electron chi connectivity index (χ0n) is 13.0. The molecule has 0 aliphatic carbocycles. The Bertz CT molecular complexity index is 779. The standard InChI is InChI=1S/C17H18O5S/c1-13(18)15-4-3-5-17(12-15)23(19,20)22-16-8-6-14(7-9-16)10-11-21-2/h3-9,12H,10-11H2,1-2H3. The number of ether oxygens (including phenoxy) is 1. The summed E-state index contributed by atoms with van der Waals surface area (Å²) in [5.41, 5.74) is 1.35. The monoisotopic (exact) mass is 334 g/mol. The van der Waals surface area contributed by atoms with Crippen LogP contribution in [0.15, 0.2) is 53.4 Å². The van der Waals surface area contributed by atoms with Gasteiger partial charge in [0.2, 0.25) is 0 Å². The van der Waals surface area contributed by atoms with Crippen molar-refractivity contribution in [2.45, 2.75) is 18.2 Å². The third-order valence-electron chi connectivity index (χ3n) is 3.25. The zero-order chi connectivity index (χ0) is 16.9. The van der Waals surface area contributed by atoms with Crippen molar-refractivity contribution in [1.82, 2.24) is 0 Å². The predicted octanol–water partition coefficient (Wildman–Crippen LogP) is 2.85. The number of methoxy groups -OCH3 is 1. The van der Waals surface area contributed by atoms with E-state index in [0.717, 1.165) is 12.0 Å². The molecule has 0 heterocycles. The molecule has 23 heavy (non-hydrogen) atoms. The van der Waals surface area contributed by atoms with Crippen LogP contribution < -0.4 is 4.18 Å². The van der Waals surface area contributed by atoms with E-state index in [1.54, 1.807) is 37.4 Å². The molecule has 0 spiro atoms. The van der Waals surface area contributed by atoms with Crippen molar-refractivity contribution in [3.63, 3.8) is 0 Å². The van der Waals surface area contributed by atoms with Gasteiger partial charge in [0.05, 0.1) is 6.61 Å². The fraction of sp³-hybridized carbons (Fsp3) is 0.235. The minimum Gasteiger partial charge on any atom is -0.384 e. The van der Waals surface area contributed by atoms with Gasteiger partial charge in [0.15, 0.2) is 5.78 Å². The fourth-order valence-corrected chi connectivity index (χ4v) is 2.95. The van der Waals surface area contributed by atoms with Crippen molar-refractivity contribution in [3.05, 3.63) is 59.7 Å². The Hall–Kier alpha value is -2.18. The average molecular weight is 334 g/mol. The highest BCUT2D eigenvalue weighted by Crippen LogP contribution is 2.20. The lowest BCUT2D eigenvalue weighted by atomic mass is 10.1. The summed E-state index contributed by atoms with van der Waals surface area (Å²) in [6, 6.07) is 12.5. The Labute approximate surface area is 136 Å². The number of rotatable bonds is 7. The minimum absolute atomic E-state index is 0.0475. The van der Waals surface area contributed by atoms with Crippen molar-refractivity contribution in [2.75, 3.05) is 13.7 Å². The molecular weight excluding hydrogens is 316 g/mol. The van der Waals surface area contributed by atoms with Crippen LogP contribution in [0.5, 0.6) is 5.75 Å². The van der Waals surface area contributed by atoms with E-state index in [1.165, 1.54) is 25.1 Å².